The second-order valence-electron chi connectivity index (χ2n) is 9.59. The Morgan fingerprint density at radius 3 is 2.06 bits per heavy atom. The second-order valence-corrected chi connectivity index (χ2v) is 9.59. The molecule has 7 nitrogen and oxygen atoms in total. The molecule has 188 valence electrons. The van der Waals surface area contributed by atoms with Crippen molar-refractivity contribution in [3.05, 3.63) is 59.7 Å². The Bertz CT molecular complexity index is 1000. The number of carbonyl (C=O) groups excluding carboxylic acids is 2. The summed E-state index contributed by atoms with van der Waals surface area (Å²) in [5, 5.41) is 12.1. The van der Waals surface area contributed by atoms with Crippen LogP contribution >= 0.6 is 0 Å². The third-order valence-electron chi connectivity index (χ3n) is 6.92. The van der Waals surface area contributed by atoms with E-state index in [4.69, 9.17) is 4.74 Å². The first-order valence-corrected chi connectivity index (χ1v) is 12.3. The number of nitrogens with zero attached hydrogens (tertiary/aromatic N) is 1. The third kappa shape index (κ3) is 6.41. The molecular weight excluding hydrogens is 444 g/mol. The molecule has 0 aliphatic heterocycles. The molecule has 2 aromatic carbocycles. The number of fused-ring (bicyclic) bond motifs is 3. The summed E-state index contributed by atoms with van der Waals surface area (Å²) in [6.45, 7) is 3.90. The lowest BCUT2D eigenvalue weighted by Gasteiger charge is -2.31. The Balaban J connectivity index is 1.29. The lowest BCUT2D eigenvalue weighted by atomic mass is 9.98. The van der Waals surface area contributed by atoms with Gasteiger partial charge in [0.05, 0.1) is 0 Å². The van der Waals surface area contributed by atoms with Gasteiger partial charge in [-0.05, 0) is 48.9 Å². The van der Waals surface area contributed by atoms with Gasteiger partial charge in [0.1, 0.15) is 12.1 Å². The second kappa shape index (κ2) is 11.9. The topological polar surface area (TPSA) is 95.9 Å². The molecule has 0 radical (unpaired) electrons. The van der Waals surface area contributed by atoms with Crippen molar-refractivity contribution < 1.29 is 24.2 Å². The number of nitrogens with one attached hydrogen (secondary N) is 1. The van der Waals surface area contributed by atoms with E-state index in [2.05, 4.69) is 29.6 Å². The molecule has 7 heteroatoms. The standard InChI is InChI=1S/C28H36N2O5/c1-28(2,26(32)33)30(3)25(31)17-7-5-4-6-12-18-29-27(34)35-19-24-22-15-10-8-13-20(22)21-14-9-11-16-23(21)24/h8-11,13-16,24H,4-7,12,17-19H2,1-3H3,(H,29,34)(H,32,33). The van der Waals surface area contributed by atoms with Crippen LogP contribution in [0.1, 0.15) is 69.4 Å². The van der Waals surface area contributed by atoms with Gasteiger partial charge >= 0.3 is 12.1 Å². The number of ether oxygens (including phenoxy) is 1. The lowest BCUT2D eigenvalue weighted by Crippen LogP contribution is -2.50. The molecule has 0 atom stereocenters. The first-order valence-electron chi connectivity index (χ1n) is 12.3. The number of aliphatic carboxylic acids is 1. The Hall–Kier alpha value is -3.35. The van der Waals surface area contributed by atoms with Crippen molar-refractivity contribution in [1.82, 2.24) is 10.2 Å². The maximum absolute atomic E-state index is 12.2. The van der Waals surface area contributed by atoms with E-state index < -0.39 is 17.6 Å². The zero-order valence-corrected chi connectivity index (χ0v) is 20.9. The molecule has 0 spiro atoms. The molecule has 0 saturated heterocycles. The maximum atomic E-state index is 12.2. The number of carboxylic acids is 1. The van der Waals surface area contributed by atoms with Gasteiger partial charge in [0, 0.05) is 25.9 Å². The number of hydrogen-bond acceptors (Lipinski definition) is 4. The zero-order chi connectivity index (χ0) is 25.4. The van der Waals surface area contributed by atoms with Crippen molar-refractivity contribution in [1.29, 1.82) is 0 Å². The van der Waals surface area contributed by atoms with E-state index in [9.17, 15) is 19.5 Å². The molecular formula is C28H36N2O5. The quantitative estimate of drug-likeness (QED) is 0.408. The van der Waals surface area contributed by atoms with Gasteiger partial charge in [0.2, 0.25) is 5.91 Å². The molecule has 2 amide bonds. The summed E-state index contributed by atoms with van der Waals surface area (Å²) in [5.74, 6) is -1.12. The fourth-order valence-corrected chi connectivity index (χ4v) is 4.39. The Kier molecular flexibility index (Phi) is 8.90. The number of likely N-dealkylation sites (N-methyl/N-ethyl adjacent to an activating group) is 1. The van der Waals surface area contributed by atoms with Crippen LogP contribution in [0.3, 0.4) is 0 Å². The third-order valence-corrected chi connectivity index (χ3v) is 6.92. The molecule has 0 saturated carbocycles. The summed E-state index contributed by atoms with van der Waals surface area (Å²) in [4.78, 5) is 37.0. The highest BCUT2D eigenvalue weighted by molar-refractivity contribution is 5.86. The van der Waals surface area contributed by atoms with Gasteiger partial charge in [-0.2, -0.15) is 0 Å². The fourth-order valence-electron chi connectivity index (χ4n) is 4.39. The van der Waals surface area contributed by atoms with Crippen LogP contribution < -0.4 is 5.32 Å². The molecule has 0 fully saturated rings. The van der Waals surface area contributed by atoms with Gasteiger partial charge < -0.3 is 20.1 Å². The van der Waals surface area contributed by atoms with Gasteiger partial charge in [0.15, 0.2) is 0 Å². The molecule has 0 aromatic heterocycles. The number of amides is 2. The monoisotopic (exact) mass is 480 g/mol. The number of benzene rings is 2. The number of alkyl carbamates (subject to hydrolysis) is 1. The van der Waals surface area contributed by atoms with Gasteiger partial charge in [-0.1, -0.05) is 67.8 Å². The first-order chi connectivity index (χ1) is 16.7. The number of carbonyl (C=O) groups is 3. The Labute approximate surface area is 207 Å². The molecule has 35 heavy (non-hydrogen) atoms. The number of hydrogen-bond donors (Lipinski definition) is 2. The van der Waals surface area contributed by atoms with Gasteiger partial charge in [0.25, 0.3) is 0 Å². The van der Waals surface area contributed by atoms with Crippen molar-refractivity contribution in [2.24, 2.45) is 0 Å². The smallest absolute Gasteiger partial charge is 0.407 e. The minimum atomic E-state index is -1.21. The molecule has 0 heterocycles. The average Bonchev–Trinajstić information content (AvgIpc) is 3.17. The van der Waals surface area contributed by atoms with Crippen LogP contribution in [0.4, 0.5) is 4.79 Å². The summed E-state index contributed by atoms with van der Waals surface area (Å²) in [6, 6.07) is 16.5. The SMILES string of the molecule is CN(C(=O)CCCCCCCNC(=O)OCC1c2ccccc2-c2ccccc21)C(C)(C)C(=O)O. The number of carboxylic acid groups (broad SMARTS) is 1. The van der Waals surface area contributed by atoms with Crippen molar-refractivity contribution >= 4 is 18.0 Å². The summed E-state index contributed by atoms with van der Waals surface area (Å²) >= 11 is 0. The molecule has 1 aliphatic carbocycles. The molecule has 0 bridgehead atoms. The van der Waals surface area contributed by atoms with E-state index in [1.165, 1.54) is 48.0 Å². The van der Waals surface area contributed by atoms with Gasteiger partial charge in [-0.15, -0.1) is 0 Å². The van der Waals surface area contributed by atoms with Crippen LogP contribution in [-0.4, -0.2) is 53.7 Å². The lowest BCUT2D eigenvalue weighted by molar-refractivity contribution is -0.155. The van der Waals surface area contributed by atoms with Crippen molar-refractivity contribution in [2.75, 3.05) is 20.2 Å². The van der Waals surface area contributed by atoms with Crippen molar-refractivity contribution in [3.8, 4) is 11.1 Å². The van der Waals surface area contributed by atoms with E-state index >= 15 is 0 Å². The van der Waals surface area contributed by atoms with Crippen molar-refractivity contribution in [2.45, 2.75) is 63.8 Å². The summed E-state index contributed by atoms with van der Waals surface area (Å²) < 4.78 is 5.54. The minimum absolute atomic E-state index is 0.0518. The van der Waals surface area contributed by atoms with Crippen LogP contribution in [0, 0.1) is 0 Å². The molecule has 0 unspecified atom stereocenters. The predicted octanol–water partition coefficient (Wildman–Crippen LogP) is 5.19. The minimum Gasteiger partial charge on any atom is -0.480 e. The normalized spacial score (nSPS) is 12.5. The van der Waals surface area contributed by atoms with Gasteiger partial charge in [-0.3, -0.25) is 4.79 Å². The molecule has 1 aliphatic rings. The van der Waals surface area contributed by atoms with E-state index in [-0.39, 0.29) is 11.8 Å². The summed E-state index contributed by atoms with van der Waals surface area (Å²) in [6.07, 6.45) is 4.27. The Morgan fingerprint density at radius 2 is 1.46 bits per heavy atom. The highest BCUT2D eigenvalue weighted by atomic mass is 16.5. The molecule has 2 N–H and O–H groups in total. The van der Waals surface area contributed by atoms with Crippen molar-refractivity contribution in [3.63, 3.8) is 0 Å². The van der Waals surface area contributed by atoms with Crippen LogP contribution in [0.2, 0.25) is 0 Å². The Morgan fingerprint density at radius 1 is 0.914 bits per heavy atom. The number of unbranched alkanes of at least 4 members (excludes halogenated alkanes) is 4. The van der Waals surface area contributed by atoms with E-state index in [1.807, 2.05) is 24.3 Å². The maximum Gasteiger partial charge on any atom is 0.407 e. The van der Waals surface area contributed by atoms with Crippen LogP contribution in [0.15, 0.2) is 48.5 Å². The van der Waals surface area contributed by atoms with Crippen LogP contribution in [-0.2, 0) is 14.3 Å². The first kappa shape index (κ1) is 26.3. The highest BCUT2D eigenvalue weighted by Crippen LogP contribution is 2.44. The molecule has 2 aromatic rings. The zero-order valence-electron chi connectivity index (χ0n) is 20.9. The van der Waals surface area contributed by atoms with Crippen LogP contribution in [0.5, 0.6) is 0 Å². The van der Waals surface area contributed by atoms with Crippen LogP contribution in [0.25, 0.3) is 11.1 Å². The largest absolute Gasteiger partial charge is 0.480 e. The van der Waals surface area contributed by atoms with E-state index in [1.54, 1.807) is 0 Å². The molecule has 3 rings (SSSR count). The highest BCUT2D eigenvalue weighted by Gasteiger charge is 2.34. The van der Waals surface area contributed by atoms with E-state index in [0.29, 0.717) is 19.6 Å². The summed E-state index contributed by atoms with van der Waals surface area (Å²) in [7, 11) is 1.53. The fraction of sp³-hybridized carbons (Fsp3) is 0.464. The summed E-state index contributed by atoms with van der Waals surface area (Å²) in [5.41, 5.74) is 3.59. The number of rotatable bonds is 12. The van der Waals surface area contributed by atoms with Gasteiger partial charge in [-0.25, -0.2) is 9.59 Å². The van der Waals surface area contributed by atoms with E-state index in [0.717, 1.165) is 32.1 Å². The average molecular weight is 481 g/mol. The predicted molar refractivity (Wildman–Crippen MR) is 135 cm³/mol.